The number of carbonyl (C=O) groups excluding carboxylic acids is 1. The number of epoxide rings is 1. The zero-order valence-corrected chi connectivity index (χ0v) is 20.4. The highest BCUT2D eigenvalue weighted by molar-refractivity contribution is 6.12. The number of rotatable bonds is 2. The molecule has 7 atom stereocenters. The molecular weight excluding hydrogens is 488 g/mol. The third kappa shape index (κ3) is 2.29. The summed E-state index contributed by atoms with van der Waals surface area (Å²) in [5, 5.41) is 35.1. The van der Waals surface area contributed by atoms with Crippen molar-refractivity contribution in [3.05, 3.63) is 28.3 Å². The van der Waals surface area contributed by atoms with E-state index < -0.39 is 47.7 Å². The highest BCUT2D eigenvalue weighted by atomic mass is 16.9. The van der Waals surface area contributed by atoms with Gasteiger partial charge in [0.25, 0.3) is 11.6 Å². The van der Waals surface area contributed by atoms with Gasteiger partial charge in [0.05, 0.1) is 44.0 Å². The monoisotopic (exact) mass is 514 g/mol. The summed E-state index contributed by atoms with van der Waals surface area (Å²) in [4.78, 5) is 13.2. The normalized spacial score (nSPS) is 41.3. The standard InChI is InChI=1S/C26H26O11/c1-9-6-11-14(18(29)16-15(19(11)31-3)12(27)7-10(2)17(16)28)20-13(9)21-22-25(30,35-20)24(8-34-24)26(36-21,37-22)23-32-4-5-33-23/h6,10,12,21-23,27,29-30H,4-5,7-8H2,1-3H3/t10-,12-,21+,22?,24?,25?,26?/m0/s1. The number of aliphatic hydroxyl groups excluding tert-OH is 1. The van der Waals surface area contributed by atoms with Crippen molar-refractivity contribution in [2.45, 2.75) is 62.0 Å². The zero-order chi connectivity index (χ0) is 25.6. The Hall–Kier alpha value is -2.51. The summed E-state index contributed by atoms with van der Waals surface area (Å²) >= 11 is 0. The summed E-state index contributed by atoms with van der Waals surface area (Å²) in [6, 6.07) is 1.80. The lowest BCUT2D eigenvalue weighted by Gasteiger charge is -2.47. The van der Waals surface area contributed by atoms with E-state index in [0.717, 1.165) is 5.56 Å². The van der Waals surface area contributed by atoms with E-state index in [1.165, 1.54) is 7.11 Å². The lowest BCUT2D eigenvalue weighted by Crippen LogP contribution is -2.69. The Morgan fingerprint density at radius 3 is 2.57 bits per heavy atom. The first-order chi connectivity index (χ1) is 17.7. The zero-order valence-electron chi connectivity index (χ0n) is 20.4. The van der Waals surface area contributed by atoms with Gasteiger partial charge in [-0.1, -0.05) is 6.92 Å². The second kappa shape index (κ2) is 6.73. The average molecular weight is 514 g/mol. The summed E-state index contributed by atoms with van der Waals surface area (Å²) < 4.78 is 42.2. The van der Waals surface area contributed by atoms with Crippen LogP contribution < -0.4 is 9.47 Å². The number of aromatic hydroxyl groups is 1. The summed E-state index contributed by atoms with van der Waals surface area (Å²) in [7, 11) is 1.45. The summed E-state index contributed by atoms with van der Waals surface area (Å²) in [5.74, 6) is -4.23. The minimum absolute atomic E-state index is 0.00365. The molecule has 37 heavy (non-hydrogen) atoms. The number of ketones is 1. The molecule has 0 saturated carbocycles. The molecule has 3 N–H and O–H groups in total. The van der Waals surface area contributed by atoms with Crippen LogP contribution in [0, 0.1) is 12.8 Å². The van der Waals surface area contributed by atoms with Gasteiger partial charge in [-0.05, 0) is 25.0 Å². The number of phenolic OH excluding ortho intramolecular Hbond substituents is 1. The molecule has 11 nitrogen and oxygen atoms in total. The van der Waals surface area contributed by atoms with Crippen molar-refractivity contribution in [3.63, 3.8) is 0 Å². The number of benzene rings is 2. The maximum atomic E-state index is 13.2. The van der Waals surface area contributed by atoms with Crippen molar-refractivity contribution in [2.24, 2.45) is 5.92 Å². The Labute approximate surface area is 210 Å². The first-order valence-electron chi connectivity index (χ1n) is 12.5. The molecule has 11 heteroatoms. The van der Waals surface area contributed by atoms with Crippen LogP contribution in [0.1, 0.15) is 52.6 Å². The average Bonchev–Trinajstić information content (AvgIpc) is 3.22. The first-order valence-corrected chi connectivity index (χ1v) is 12.5. The second-order valence-electron chi connectivity index (χ2n) is 10.8. The number of aryl methyl sites for hydroxylation is 1. The van der Waals surface area contributed by atoms with Crippen LogP contribution in [0.4, 0.5) is 0 Å². The Morgan fingerprint density at radius 2 is 1.89 bits per heavy atom. The van der Waals surface area contributed by atoms with Gasteiger partial charge in [-0.15, -0.1) is 0 Å². The minimum atomic E-state index is -1.98. The van der Waals surface area contributed by atoms with Gasteiger partial charge in [0, 0.05) is 22.4 Å². The van der Waals surface area contributed by atoms with Crippen LogP contribution in [-0.2, 0) is 23.7 Å². The topological polar surface area (TPSA) is 146 Å². The van der Waals surface area contributed by atoms with Crippen LogP contribution in [0.15, 0.2) is 6.07 Å². The maximum absolute atomic E-state index is 13.2. The number of methoxy groups -OCH3 is 1. The van der Waals surface area contributed by atoms with Crippen molar-refractivity contribution < 1.29 is 53.3 Å². The van der Waals surface area contributed by atoms with E-state index in [2.05, 4.69) is 0 Å². The predicted octanol–water partition coefficient (Wildman–Crippen LogP) is 1.51. The fraction of sp³-hybridized carbons (Fsp3) is 0.577. The SMILES string of the molecule is COc1c2c(c(O)c3c4c(c(C)cc13)[C@H]1OC3(C5OCCO5)OC1C(O)(O4)C31CO1)C(=O)[C@@H](C)C[C@@H]2O. The molecular formula is C26H26O11. The van der Waals surface area contributed by atoms with E-state index >= 15 is 0 Å². The molecule has 0 radical (unpaired) electrons. The number of aliphatic hydroxyl groups is 2. The lowest BCUT2D eigenvalue weighted by molar-refractivity contribution is -0.332. The minimum Gasteiger partial charge on any atom is -0.506 e. The molecule has 6 aliphatic rings. The third-order valence-electron chi connectivity index (χ3n) is 8.88. The van der Waals surface area contributed by atoms with Crippen molar-refractivity contribution in [1.29, 1.82) is 0 Å². The van der Waals surface area contributed by atoms with E-state index in [9.17, 15) is 20.1 Å². The molecule has 5 heterocycles. The number of Topliss-reactive ketones (excluding diaryl/α,β-unsaturated/α-hetero) is 1. The Bertz CT molecular complexity index is 1410. The van der Waals surface area contributed by atoms with Crippen LogP contribution in [0.2, 0.25) is 0 Å². The summed E-state index contributed by atoms with van der Waals surface area (Å²) in [6.45, 7) is 4.34. The molecule has 2 aromatic rings. The largest absolute Gasteiger partial charge is 0.506 e. The molecule has 2 bridgehead atoms. The molecule has 5 aliphatic heterocycles. The number of fused-ring (bicyclic) bond motifs is 8. The fourth-order valence-corrected chi connectivity index (χ4v) is 7.13. The van der Waals surface area contributed by atoms with E-state index in [1.807, 2.05) is 6.92 Å². The van der Waals surface area contributed by atoms with Gasteiger partial charge in [-0.2, -0.15) is 0 Å². The van der Waals surface area contributed by atoms with E-state index in [-0.39, 0.29) is 52.6 Å². The number of hydrogen-bond donors (Lipinski definition) is 3. The van der Waals surface area contributed by atoms with Gasteiger partial charge in [0.1, 0.15) is 23.4 Å². The van der Waals surface area contributed by atoms with Gasteiger partial charge < -0.3 is 48.5 Å². The van der Waals surface area contributed by atoms with Crippen LogP contribution >= 0.6 is 0 Å². The van der Waals surface area contributed by atoms with Crippen molar-refractivity contribution in [3.8, 4) is 17.2 Å². The molecule has 1 aliphatic carbocycles. The highest BCUT2D eigenvalue weighted by Gasteiger charge is 2.93. The Kier molecular flexibility index (Phi) is 4.09. The molecule has 4 saturated heterocycles. The molecule has 4 fully saturated rings. The van der Waals surface area contributed by atoms with Gasteiger partial charge in [-0.25, -0.2) is 0 Å². The number of carbonyl (C=O) groups is 1. The highest BCUT2D eigenvalue weighted by Crippen LogP contribution is 2.71. The smallest absolute Gasteiger partial charge is 0.274 e. The summed E-state index contributed by atoms with van der Waals surface area (Å²) in [5.41, 5.74) is 0.131. The fourth-order valence-electron chi connectivity index (χ4n) is 7.13. The van der Waals surface area contributed by atoms with Crippen molar-refractivity contribution >= 4 is 16.6 Å². The second-order valence-corrected chi connectivity index (χ2v) is 10.8. The van der Waals surface area contributed by atoms with Crippen LogP contribution in [0.5, 0.6) is 17.2 Å². The van der Waals surface area contributed by atoms with Crippen LogP contribution in [0.25, 0.3) is 10.8 Å². The molecule has 0 aromatic heterocycles. The van der Waals surface area contributed by atoms with E-state index in [4.69, 9.17) is 33.2 Å². The Morgan fingerprint density at radius 1 is 1.16 bits per heavy atom. The summed E-state index contributed by atoms with van der Waals surface area (Å²) in [6.07, 6.45) is -3.43. The molecule has 0 amide bonds. The number of phenols is 1. The van der Waals surface area contributed by atoms with E-state index in [0.29, 0.717) is 24.2 Å². The molecule has 4 unspecified atom stereocenters. The Balaban J connectivity index is 1.41. The molecule has 196 valence electrons. The van der Waals surface area contributed by atoms with Gasteiger partial charge in [-0.3, -0.25) is 4.79 Å². The number of ether oxygens (including phenoxy) is 7. The molecule has 8 rings (SSSR count). The van der Waals surface area contributed by atoms with Crippen LogP contribution in [0.3, 0.4) is 0 Å². The van der Waals surface area contributed by atoms with Crippen molar-refractivity contribution in [2.75, 3.05) is 26.9 Å². The molecule has 2 aromatic carbocycles. The number of hydrogen-bond acceptors (Lipinski definition) is 11. The first kappa shape index (κ1) is 22.5. The van der Waals surface area contributed by atoms with Gasteiger partial charge in [0.2, 0.25) is 11.9 Å². The van der Waals surface area contributed by atoms with Crippen molar-refractivity contribution in [1.82, 2.24) is 0 Å². The van der Waals surface area contributed by atoms with Crippen LogP contribution in [-0.4, -0.2) is 77.6 Å². The lowest BCUT2D eigenvalue weighted by atomic mass is 9.76. The molecule has 1 spiro atoms. The van der Waals surface area contributed by atoms with E-state index in [1.54, 1.807) is 13.0 Å². The third-order valence-corrected chi connectivity index (χ3v) is 8.88. The van der Waals surface area contributed by atoms with Gasteiger partial charge >= 0.3 is 0 Å². The van der Waals surface area contributed by atoms with Gasteiger partial charge in [0.15, 0.2) is 11.9 Å². The maximum Gasteiger partial charge on any atom is 0.274 e. The predicted molar refractivity (Wildman–Crippen MR) is 121 cm³/mol. The quantitative estimate of drug-likeness (QED) is 0.501.